The molecule has 0 unspecified atom stereocenters. The number of esters is 3. The zero-order valence-corrected chi connectivity index (χ0v) is 50.6. The molecule has 440 valence electrons. The molecule has 0 aromatic heterocycles. The summed E-state index contributed by atoms with van der Waals surface area (Å²) in [5.41, 5.74) is 0. The molecule has 0 spiro atoms. The van der Waals surface area contributed by atoms with E-state index >= 15 is 0 Å². The number of hydrogen-bond donors (Lipinski definition) is 0. The molecule has 0 amide bonds. The third kappa shape index (κ3) is 62.4. The van der Waals surface area contributed by atoms with Crippen LogP contribution in [0.25, 0.3) is 0 Å². The Morgan fingerprint density at radius 3 is 0.667 bits per heavy atom. The minimum absolute atomic E-state index is 0.0714. The molecule has 0 rings (SSSR count). The number of allylic oxidation sites excluding steroid dienone is 6. The predicted octanol–water partition coefficient (Wildman–Crippen LogP) is 22.8. The molecular weight excluding hydrogens is 925 g/mol. The summed E-state index contributed by atoms with van der Waals surface area (Å²) in [6.45, 7) is 6.69. The molecule has 0 bridgehead atoms. The lowest BCUT2D eigenvalue weighted by Crippen LogP contribution is -2.30. The van der Waals surface area contributed by atoms with Crippen LogP contribution >= 0.6 is 0 Å². The van der Waals surface area contributed by atoms with Crippen molar-refractivity contribution in [1.29, 1.82) is 0 Å². The molecule has 0 aliphatic carbocycles. The number of ether oxygens (including phenoxy) is 3. The van der Waals surface area contributed by atoms with Crippen LogP contribution in [0.4, 0.5) is 0 Å². The Labute approximate surface area is 467 Å². The lowest BCUT2D eigenvalue weighted by Gasteiger charge is -2.18. The van der Waals surface area contributed by atoms with E-state index in [0.29, 0.717) is 19.3 Å². The highest BCUT2D eigenvalue weighted by Gasteiger charge is 2.19. The third-order valence-corrected chi connectivity index (χ3v) is 15.1. The number of hydrogen-bond acceptors (Lipinski definition) is 6. The van der Waals surface area contributed by atoms with Gasteiger partial charge in [0.25, 0.3) is 0 Å². The smallest absolute Gasteiger partial charge is 0.306 e. The van der Waals surface area contributed by atoms with Gasteiger partial charge in [-0.3, -0.25) is 14.4 Å². The van der Waals surface area contributed by atoms with Crippen LogP contribution in [0.15, 0.2) is 36.5 Å². The first-order chi connectivity index (χ1) is 37.0. The second kappa shape index (κ2) is 64.2. The van der Waals surface area contributed by atoms with E-state index in [1.54, 1.807) is 0 Å². The molecule has 0 aromatic carbocycles. The first kappa shape index (κ1) is 72.6. The largest absolute Gasteiger partial charge is 0.462 e. The Morgan fingerprint density at radius 1 is 0.253 bits per heavy atom. The Balaban J connectivity index is 4.33. The second-order valence-electron chi connectivity index (χ2n) is 22.7. The third-order valence-electron chi connectivity index (χ3n) is 15.1. The van der Waals surface area contributed by atoms with Gasteiger partial charge in [-0.15, -0.1) is 0 Å². The normalized spacial score (nSPS) is 12.2. The van der Waals surface area contributed by atoms with Gasteiger partial charge in [-0.25, -0.2) is 0 Å². The predicted molar refractivity (Wildman–Crippen MR) is 326 cm³/mol. The average Bonchev–Trinajstić information content (AvgIpc) is 3.41. The van der Waals surface area contributed by atoms with Gasteiger partial charge in [0.1, 0.15) is 13.2 Å². The number of rotatable bonds is 62. The minimum Gasteiger partial charge on any atom is -0.462 e. The SMILES string of the molecule is CCCCCCCC/C=C\CCCCCCCCCCCCCC(=O)O[C@@H](COC(=O)CCCCCCCCC/C=C\CCCCCCCC)COC(=O)CCCCCCCCCCC/C=C\CCCCCCCC. The Hall–Kier alpha value is -2.37. The zero-order chi connectivity index (χ0) is 54.3. The fourth-order valence-electron chi connectivity index (χ4n) is 10.0. The van der Waals surface area contributed by atoms with Gasteiger partial charge in [-0.05, 0) is 96.3 Å². The van der Waals surface area contributed by atoms with Crippen LogP contribution in [-0.4, -0.2) is 37.2 Å². The van der Waals surface area contributed by atoms with Gasteiger partial charge < -0.3 is 14.2 Å². The molecule has 6 heteroatoms. The lowest BCUT2D eigenvalue weighted by atomic mass is 10.0. The Bertz CT molecular complexity index is 1250. The summed E-state index contributed by atoms with van der Waals surface area (Å²) in [4.78, 5) is 38.4. The van der Waals surface area contributed by atoms with Crippen LogP contribution in [0.2, 0.25) is 0 Å². The van der Waals surface area contributed by atoms with Crippen molar-refractivity contribution in [3.8, 4) is 0 Å². The van der Waals surface area contributed by atoms with Gasteiger partial charge in [-0.1, -0.05) is 288 Å². The van der Waals surface area contributed by atoms with Crippen molar-refractivity contribution < 1.29 is 28.6 Å². The first-order valence-corrected chi connectivity index (χ1v) is 33.5. The Kier molecular flexibility index (Phi) is 62.1. The maximum Gasteiger partial charge on any atom is 0.306 e. The van der Waals surface area contributed by atoms with E-state index in [-0.39, 0.29) is 31.1 Å². The summed E-state index contributed by atoms with van der Waals surface area (Å²) in [5, 5.41) is 0. The quantitative estimate of drug-likeness (QED) is 0.0261. The topological polar surface area (TPSA) is 78.9 Å². The Morgan fingerprint density at radius 2 is 0.440 bits per heavy atom. The molecule has 1 atom stereocenters. The molecule has 0 N–H and O–H groups in total. The number of carbonyl (C=O) groups is 3. The number of carbonyl (C=O) groups excluding carboxylic acids is 3. The summed E-state index contributed by atoms with van der Waals surface area (Å²) in [6.07, 6.45) is 78.6. The molecule has 75 heavy (non-hydrogen) atoms. The molecule has 0 aliphatic rings. The second-order valence-corrected chi connectivity index (χ2v) is 22.7. The van der Waals surface area contributed by atoms with E-state index in [2.05, 4.69) is 57.2 Å². The summed E-state index contributed by atoms with van der Waals surface area (Å²) in [6, 6.07) is 0. The van der Waals surface area contributed by atoms with Crippen molar-refractivity contribution >= 4 is 17.9 Å². The van der Waals surface area contributed by atoms with Crippen molar-refractivity contribution in [2.24, 2.45) is 0 Å². The van der Waals surface area contributed by atoms with Gasteiger partial charge in [0.15, 0.2) is 6.10 Å². The summed E-state index contributed by atoms with van der Waals surface area (Å²) >= 11 is 0. The zero-order valence-electron chi connectivity index (χ0n) is 50.6. The van der Waals surface area contributed by atoms with Crippen molar-refractivity contribution in [1.82, 2.24) is 0 Å². The van der Waals surface area contributed by atoms with E-state index in [1.165, 1.54) is 270 Å². The molecule has 0 saturated heterocycles. The van der Waals surface area contributed by atoms with Gasteiger partial charge in [0.05, 0.1) is 0 Å². The van der Waals surface area contributed by atoms with E-state index < -0.39 is 6.10 Å². The maximum absolute atomic E-state index is 12.9. The van der Waals surface area contributed by atoms with E-state index in [1.807, 2.05) is 0 Å². The van der Waals surface area contributed by atoms with Crippen LogP contribution in [0.1, 0.15) is 367 Å². The summed E-state index contributed by atoms with van der Waals surface area (Å²) in [7, 11) is 0. The van der Waals surface area contributed by atoms with Crippen LogP contribution < -0.4 is 0 Å². The first-order valence-electron chi connectivity index (χ1n) is 33.5. The van der Waals surface area contributed by atoms with Crippen LogP contribution in [0.3, 0.4) is 0 Å². The van der Waals surface area contributed by atoms with Gasteiger partial charge in [0, 0.05) is 19.3 Å². The molecule has 0 aromatic rings. The van der Waals surface area contributed by atoms with Crippen LogP contribution in [0, 0.1) is 0 Å². The summed E-state index contributed by atoms with van der Waals surface area (Å²) in [5.74, 6) is -0.853. The van der Waals surface area contributed by atoms with Crippen molar-refractivity contribution in [3.63, 3.8) is 0 Å². The van der Waals surface area contributed by atoms with Gasteiger partial charge in [0.2, 0.25) is 0 Å². The van der Waals surface area contributed by atoms with Crippen LogP contribution in [0.5, 0.6) is 0 Å². The van der Waals surface area contributed by atoms with Crippen molar-refractivity contribution in [2.45, 2.75) is 374 Å². The highest BCUT2D eigenvalue weighted by Crippen LogP contribution is 2.17. The molecule has 0 heterocycles. The fourth-order valence-corrected chi connectivity index (χ4v) is 10.0. The fraction of sp³-hybridized carbons (Fsp3) is 0.870. The molecule has 0 fully saturated rings. The van der Waals surface area contributed by atoms with Crippen molar-refractivity contribution in [3.05, 3.63) is 36.5 Å². The van der Waals surface area contributed by atoms with E-state index in [4.69, 9.17) is 14.2 Å². The standard InChI is InChI=1S/C69H128O6/c1-4-7-10-13-16-19-22-25-28-31-33-34-36-39-42-45-48-51-54-57-60-63-69(72)75-66(64-73-67(70)61-58-55-52-49-46-43-40-37-30-27-24-21-18-15-12-9-6-3)65-74-68(71)62-59-56-53-50-47-44-41-38-35-32-29-26-23-20-17-14-11-8-5-2/h25-30,66H,4-24,31-65H2,1-3H3/b28-25-,29-26-,30-27-/t66-/m0/s1. The molecule has 0 saturated carbocycles. The van der Waals surface area contributed by atoms with Gasteiger partial charge in [-0.2, -0.15) is 0 Å². The van der Waals surface area contributed by atoms with Crippen molar-refractivity contribution in [2.75, 3.05) is 13.2 Å². The van der Waals surface area contributed by atoms with Crippen LogP contribution in [-0.2, 0) is 28.6 Å². The highest BCUT2D eigenvalue weighted by molar-refractivity contribution is 5.71. The lowest BCUT2D eigenvalue weighted by molar-refractivity contribution is -0.167. The number of unbranched alkanes of at least 4 members (excludes halogenated alkanes) is 45. The van der Waals surface area contributed by atoms with E-state index in [9.17, 15) is 14.4 Å². The molecular formula is C69H128O6. The van der Waals surface area contributed by atoms with Gasteiger partial charge >= 0.3 is 17.9 Å². The monoisotopic (exact) mass is 1050 g/mol. The maximum atomic E-state index is 12.9. The van der Waals surface area contributed by atoms with E-state index in [0.717, 1.165) is 57.8 Å². The highest BCUT2D eigenvalue weighted by atomic mass is 16.6. The summed E-state index contributed by atoms with van der Waals surface area (Å²) < 4.78 is 17.0. The molecule has 0 aliphatic heterocycles. The minimum atomic E-state index is -0.775. The molecule has 0 radical (unpaired) electrons. The molecule has 6 nitrogen and oxygen atoms in total. The average molecular weight is 1050 g/mol.